The number of benzene rings is 1. The Balaban J connectivity index is 2.26. The first kappa shape index (κ1) is 7.33. The van der Waals surface area contributed by atoms with Gasteiger partial charge < -0.3 is 14.8 Å². The van der Waals surface area contributed by atoms with E-state index in [2.05, 4.69) is 5.32 Å². The third-order valence-corrected chi connectivity index (χ3v) is 2.74. The molecule has 2 heterocycles. The Bertz CT molecular complexity index is 346. The van der Waals surface area contributed by atoms with Gasteiger partial charge in [0.25, 0.3) is 0 Å². The summed E-state index contributed by atoms with van der Waals surface area (Å²) in [5.41, 5.74) is 2.22. The molecule has 0 saturated carbocycles. The zero-order valence-electron chi connectivity index (χ0n) is 6.89. The van der Waals surface area contributed by atoms with Crippen molar-refractivity contribution in [2.24, 2.45) is 0 Å². The molecule has 3 nitrogen and oxygen atoms in total. The molecule has 2 aliphatic rings. The Morgan fingerprint density at radius 3 is 3.23 bits per heavy atom. The van der Waals surface area contributed by atoms with Gasteiger partial charge in [-0.05, 0) is 18.1 Å². The quantitative estimate of drug-likeness (QED) is 0.691. The Labute approximate surface area is 80.6 Å². The van der Waals surface area contributed by atoms with Crippen LogP contribution in [0, 0.1) is 0 Å². The SMILES string of the molecule is Clc1c2c(cc3c1OCO3)CCN2. The fourth-order valence-corrected chi connectivity index (χ4v) is 2.10. The van der Waals surface area contributed by atoms with Crippen LogP contribution >= 0.6 is 11.6 Å². The topological polar surface area (TPSA) is 30.5 Å². The number of anilines is 1. The van der Waals surface area contributed by atoms with Crippen molar-refractivity contribution in [3.05, 3.63) is 16.7 Å². The summed E-state index contributed by atoms with van der Waals surface area (Å²) in [5, 5.41) is 3.89. The first-order chi connectivity index (χ1) is 6.36. The van der Waals surface area contributed by atoms with E-state index < -0.39 is 0 Å². The van der Waals surface area contributed by atoms with Gasteiger partial charge in [-0.1, -0.05) is 11.6 Å². The van der Waals surface area contributed by atoms with Gasteiger partial charge in [0.2, 0.25) is 6.79 Å². The maximum Gasteiger partial charge on any atom is 0.231 e. The highest BCUT2D eigenvalue weighted by Crippen LogP contribution is 2.46. The molecular formula is C9H8ClNO2. The first-order valence-corrected chi connectivity index (χ1v) is 4.59. The van der Waals surface area contributed by atoms with E-state index in [9.17, 15) is 0 Å². The molecule has 1 aromatic rings. The second-order valence-electron chi connectivity index (χ2n) is 3.14. The molecule has 2 aliphatic heterocycles. The first-order valence-electron chi connectivity index (χ1n) is 4.21. The minimum Gasteiger partial charge on any atom is -0.454 e. The van der Waals surface area contributed by atoms with Crippen molar-refractivity contribution >= 4 is 17.3 Å². The summed E-state index contributed by atoms with van der Waals surface area (Å²) >= 11 is 6.13. The van der Waals surface area contributed by atoms with Crippen molar-refractivity contribution in [1.82, 2.24) is 0 Å². The van der Waals surface area contributed by atoms with Crippen molar-refractivity contribution < 1.29 is 9.47 Å². The number of nitrogens with one attached hydrogen (secondary N) is 1. The van der Waals surface area contributed by atoms with E-state index in [0.29, 0.717) is 10.8 Å². The Kier molecular flexibility index (Phi) is 1.38. The van der Waals surface area contributed by atoms with Crippen LogP contribution in [0.1, 0.15) is 5.56 Å². The summed E-state index contributed by atoms with van der Waals surface area (Å²) in [7, 11) is 0. The number of ether oxygens (including phenoxy) is 2. The van der Waals surface area contributed by atoms with Crippen LogP contribution in [0.25, 0.3) is 0 Å². The van der Waals surface area contributed by atoms with E-state index in [1.807, 2.05) is 6.07 Å². The zero-order chi connectivity index (χ0) is 8.84. The molecule has 0 unspecified atom stereocenters. The summed E-state index contributed by atoms with van der Waals surface area (Å²) < 4.78 is 10.5. The number of rotatable bonds is 0. The summed E-state index contributed by atoms with van der Waals surface area (Å²) in [5.74, 6) is 1.45. The molecule has 0 aromatic heterocycles. The molecule has 0 saturated heterocycles. The minimum atomic E-state index is 0.276. The number of hydrogen-bond donors (Lipinski definition) is 1. The molecule has 0 amide bonds. The van der Waals surface area contributed by atoms with Crippen LogP contribution in [0.2, 0.25) is 5.02 Å². The Morgan fingerprint density at radius 1 is 1.38 bits per heavy atom. The molecule has 13 heavy (non-hydrogen) atoms. The summed E-state index contributed by atoms with van der Waals surface area (Å²) in [6, 6.07) is 2.00. The van der Waals surface area contributed by atoms with Crippen LogP contribution in [-0.4, -0.2) is 13.3 Å². The average molecular weight is 198 g/mol. The molecule has 0 atom stereocenters. The van der Waals surface area contributed by atoms with Crippen molar-refractivity contribution in [2.45, 2.75) is 6.42 Å². The van der Waals surface area contributed by atoms with E-state index in [1.54, 1.807) is 0 Å². The van der Waals surface area contributed by atoms with Gasteiger partial charge in [-0.2, -0.15) is 0 Å². The number of hydrogen-bond acceptors (Lipinski definition) is 3. The molecule has 0 aliphatic carbocycles. The van der Waals surface area contributed by atoms with Crippen LogP contribution in [0.5, 0.6) is 11.5 Å². The Hall–Kier alpha value is -1.09. The highest BCUT2D eigenvalue weighted by Gasteiger charge is 2.25. The maximum absolute atomic E-state index is 6.13. The second kappa shape index (κ2) is 2.45. The lowest BCUT2D eigenvalue weighted by molar-refractivity contribution is 0.174. The Morgan fingerprint density at radius 2 is 2.31 bits per heavy atom. The molecular weight excluding hydrogens is 190 g/mol. The third kappa shape index (κ3) is 0.907. The van der Waals surface area contributed by atoms with E-state index >= 15 is 0 Å². The van der Waals surface area contributed by atoms with Gasteiger partial charge in [0.15, 0.2) is 11.5 Å². The minimum absolute atomic E-state index is 0.276. The van der Waals surface area contributed by atoms with E-state index in [-0.39, 0.29) is 6.79 Å². The monoisotopic (exact) mass is 197 g/mol. The van der Waals surface area contributed by atoms with E-state index in [1.165, 1.54) is 5.56 Å². The van der Waals surface area contributed by atoms with Gasteiger partial charge in [0.1, 0.15) is 5.02 Å². The van der Waals surface area contributed by atoms with E-state index in [4.69, 9.17) is 21.1 Å². The van der Waals surface area contributed by atoms with Crippen molar-refractivity contribution in [2.75, 3.05) is 18.7 Å². The predicted molar refractivity (Wildman–Crippen MR) is 49.8 cm³/mol. The van der Waals surface area contributed by atoms with Crippen LogP contribution in [0.15, 0.2) is 6.07 Å². The average Bonchev–Trinajstić information content (AvgIpc) is 2.71. The van der Waals surface area contributed by atoms with Crippen molar-refractivity contribution in [3.63, 3.8) is 0 Å². The molecule has 68 valence electrons. The van der Waals surface area contributed by atoms with Crippen LogP contribution in [0.3, 0.4) is 0 Å². The molecule has 1 N–H and O–H groups in total. The van der Waals surface area contributed by atoms with Gasteiger partial charge in [0.05, 0.1) is 5.69 Å². The molecule has 4 heteroatoms. The molecule has 0 radical (unpaired) electrons. The lowest BCUT2D eigenvalue weighted by Crippen LogP contribution is -1.94. The van der Waals surface area contributed by atoms with Gasteiger partial charge in [-0.25, -0.2) is 0 Å². The zero-order valence-corrected chi connectivity index (χ0v) is 7.65. The molecule has 1 aromatic carbocycles. The highest BCUT2D eigenvalue weighted by molar-refractivity contribution is 6.35. The highest BCUT2D eigenvalue weighted by atomic mass is 35.5. The fraction of sp³-hybridized carbons (Fsp3) is 0.333. The number of fused-ring (bicyclic) bond motifs is 2. The van der Waals surface area contributed by atoms with Crippen molar-refractivity contribution in [1.29, 1.82) is 0 Å². The number of halogens is 1. The van der Waals surface area contributed by atoms with Crippen molar-refractivity contribution in [3.8, 4) is 11.5 Å². The standard InChI is InChI=1S/C9H8ClNO2/c10-7-8-5(1-2-11-8)3-6-9(7)13-4-12-6/h3,11H,1-2,4H2. The fourth-order valence-electron chi connectivity index (χ4n) is 1.76. The molecule has 0 fully saturated rings. The normalized spacial score (nSPS) is 17.0. The van der Waals surface area contributed by atoms with Gasteiger partial charge in [-0.15, -0.1) is 0 Å². The van der Waals surface area contributed by atoms with Gasteiger partial charge in [0, 0.05) is 6.54 Å². The predicted octanol–water partition coefficient (Wildman–Crippen LogP) is 2.04. The summed E-state index contributed by atoms with van der Waals surface area (Å²) in [6.45, 7) is 1.22. The van der Waals surface area contributed by atoms with Gasteiger partial charge >= 0.3 is 0 Å². The molecule has 0 spiro atoms. The molecule has 0 bridgehead atoms. The second-order valence-corrected chi connectivity index (χ2v) is 3.51. The maximum atomic E-state index is 6.13. The summed E-state index contributed by atoms with van der Waals surface area (Å²) in [6.07, 6.45) is 1.01. The summed E-state index contributed by atoms with van der Waals surface area (Å²) in [4.78, 5) is 0. The smallest absolute Gasteiger partial charge is 0.231 e. The lowest BCUT2D eigenvalue weighted by Gasteiger charge is -2.05. The largest absolute Gasteiger partial charge is 0.454 e. The van der Waals surface area contributed by atoms with Crippen LogP contribution in [0.4, 0.5) is 5.69 Å². The van der Waals surface area contributed by atoms with E-state index in [0.717, 1.165) is 24.4 Å². The van der Waals surface area contributed by atoms with Gasteiger partial charge in [-0.3, -0.25) is 0 Å². The van der Waals surface area contributed by atoms with Crippen LogP contribution < -0.4 is 14.8 Å². The molecule has 3 rings (SSSR count). The third-order valence-electron chi connectivity index (χ3n) is 2.38. The lowest BCUT2D eigenvalue weighted by atomic mass is 10.1. The van der Waals surface area contributed by atoms with Crippen LogP contribution in [-0.2, 0) is 6.42 Å².